The highest BCUT2D eigenvalue weighted by molar-refractivity contribution is 7.97. The van der Waals surface area contributed by atoms with Gasteiger partial charge < -0.3 is 15.8 Å². The van der Waals surface area contributed by atoms with E-state index in [2.05, 4.69) is 15.3 Å². The number of benzene rings is 2. The molecule has 0 amide bonds. The Labute approximate surface area is 195 Å². The lowest BCUT2D eigenvalue weighted by Gasteiger charge is -2.16. The highest BCUT2D eigenvalue weighted by Crippen LogP contribution is 2.27. The minimum absolute atomic E-state index is 0.0260. The number of nitrogens with one attached hydrogen (secondary N) is 1. The fourth-order valence-corrected chi connectivity index (χ4v) is 3.90. The zero-order valence-corrected chi connectivity index (χ0v) is 19.4. The first-order chi connectivity index (χ1) is 15.4. The quantitative estimate of drug-likeness (QED) is 0.206. The molecule has 170 valence electrons. The molecule has 0 radical (unpaired) electrons. The van der Waals surface area contributed by atoms with Crippen molar-refractivity contribution in [2.45, 2.75) is 31.6 Å². The molecule has 0 aliphatic rings. The maximum atomic E-state index is 14.2. The van der Waals surface area contributed by atoms with E-state index in [1.54, 1.807) is 11.8 Å². The molecule has 1 heterocycles. The van der Waals surface area contributed by atoms with Crippen LogP contribution in [0.1, 0.15) is 25.3 Å². The lowest BCUT2D eigenvalue weighted by molar-refractivity contribution is 0.209. The molecule has 5 nitrogen and oxygen atoms in total. The molecule has 0 fully saturated rings. The normalized spacial score (nSPS) is 11.9. The van der Waals surface area contributed by atoms with Crippen LogP contribution in [0.5, 0.6) is 5.75 Å². The first-order valence-electron chi connectivity index (χ1n) is 10.1. The summed E-state index contributed by atoms with van der Waals surface area (Å²) in [5.41, 5.74) is 8.47. The Balaban J connectivity index is 1.55. The first kappa shape index (κ1) is 24.1. The summed E-state index contributed by atoms with van der Waals surface area (Å²) >= 11 is 7.49. The van der Waals surface area contributed by atoms with Crippen LogP contribution in [0.25, 0.3) is 11.3 Å². The fourth-order valence-electron chi connectivity index (χ4n) is 3.26. The van der Waals surface area contributed by atoms with E-state index in [4.69, 9.17) is 22.1 Å². The predicted molar refractivity (Wildman–Crippen MR) is 128 cm³/mol. The van der Waals surface area contributed by atoms with E-state index in [9.17, 15) is 8.78 Å². The molecule has 1 atom stereocenters. The number of thioether (sulfide) groups is 1. The first-order valence-corrected chi connectivity index (χ1v) is 11.9. The molecule has 0 saturated heterocycles. The summed E-state index contributed by atoms with van der Waals surface area (Å²) in [5.74, 6) is 0.564. The van der Waals surface area contributed by atoms with Crippen molar-refractivity contribution in [1.29, 1.82) is 0 Å². The molecule has 3 rings (SSSR count). The second-order valence-corrected chi connectivity index (χ2v) is 8.58. The van der Waals surface area contributed by atoms with Crippen molar-refractivity contribution < 1.29 is 13.5 Å². The van der Waals surface area contributed by atoms with Crippen molar-refractivity contribution >= 4 is 34.7 Å². The summed E-state index contributed by atoms with van der Waals surface area (Å²) in [6.45, 7) is 2.51. The van der Waals surface area contributed by atoms with Gasteiger partial charge in [-0.1, -0.05) is 0 Å². The van der Waals surface area contributed by atoms with Gasteiger partial charge in [0, 0.05) is 29.6 Å². The molecule has 0 aliphatic carbocycles. The minimum atomic E-state index is -0.625. The van der Waals surface area contributed by atoms with E-state index in [1.807, 2.05) is 31.4 Å². The Kier molecular flexibility index (Phi) is 8.53. The van der Waals surface area contributed by atoms with Gasteiger partial charge in [-0.2, -0.15) is 11.8 Å². The van der Waals surface area contributed by atoms with Crippen LogP contribution in [0.15, 0.2) is 42.6 Å². The fraction of sp³-hybridized carbons (Fsp3) is 0.304. The molecule has 9 heteroatoms. The monoisotopic (exact) mass is 478 g/mol. The van der Waals surface area contributed by atoms with Crippen molar-refractivity contribution in [2.75, 3.05) is 23.9 Å². The van der Waals surface area contributed by atoms with Crippen molar-refractivity contribution in [1.82, 2.24) is 9.97 Å². The van der Waals surface area contributed by atoms with Crippen molar-refractivity contribution in [3.8, 4) is 17.0 Å². The third kappa shape index (κ3) is 6.71. The number of rotatable bonds is 10. The van der Waals surface area contributed by atoms with E-state index in [0.717, 1.165) is 36.1 Å². The SMILES string of the molecule is CSCc1cc(N)cc(OC(C)CCCNc2cc(-c3nc(Cl)ncc3F)ccc2F)c1. The Bertz CT molecular complexity index is 1070. The summed E-state index contributed by atoms with van der Waals surface area (Å²) in [5, 5.41) is 2.99. The molecule has 3 N–H and O–H groups in total. The maximum absolute atomic E-state index is 14.2. The number of nitrogens with two attached hydrogens (primary N) is 1. The topological polar surface area (TPSA) is 73.1 Å². The van der Waals surface area contributed by atoms with Gasteiger partial charge in [0.2, 0.25) is 5.28 Å². The van der Waals surface area contributed by atoms with E-state index in [1.165, 1.54) is 18.2 Å². The van der Waals surface area contributed by atoms with Crippen LogP contribution in [-0.2, 0) is 5.75 Å². The highest BCUT2D eigenvalue weighted by atomic mass is 35.5. The van der Waals surface area contributed by atoms with Gasteiger partial charge in [-0.15, -0.1) is 0 Å². The lowest BCUT2D eigenvalue weighted by Crippen LogP contribution is -2.14. The number of nitrogen functional groups attached to an aromatic ring is 1. The smallest absolute Gasteiger partial charge is 0.223 e. The second kappa shape index (κ2) is 11.3. The number of hydrogen-bond acceptors (Lipinski definition) is 6. The molecule has 3 aromatic rings. The Hall–Kier alpha value is -2.58. The molecular weight excluding hydrogens is 454 g/mol. The number of hydrogen-bond donors (Lipinski definition) is 2. The van der Waals surface area contributed by atoms with Crippen molar-refractivity contribution in [3.63, 3.8) is 0 Å². The molecule has 0 bridgehead atoms. The predicted octanol–water partition coefficient (Wildman–Crippen LogP) is 6.18. The number of nitrogens with zero attached hydrogens (tertiary/aromatic N) is 2. The number of anilines is 2. The van der Waals surface area contributed by atoms with Crippen LogP contribution in [0.3, 0.4) is 0 Å². The van der Waals surface area contributed by atoms with Gasteiger partial charge in [0.1, 0.15) is 17.3 Å². The van der Waals surface area contributed by atoms with Crippen LogP contribution in [0.4, 0.5) is 20.2 Å². The number of ether oxygens (including phenoxy) is 1. The van der Waals surface area contributed by atoms with Gasteiger partial charge in [0.15, 0.2) is 5.82 Å². The summed E-state index contributed by atoms with van der Waals surface area (Å²) in [6.07, 6.45) is 4.51. The molecular formula is C23H25ClF2N4OS. The summed E-state index contributed by atoms with van der Waals surface area (Å²) in [7, 11) is 0. The van der Waals surface area contributed by atoms with Crippen molar-refractivity contribution in [3.05, 3.63) is 65.1 Å². The highest BCUT2D eigenvalue weighted by Gasteiger charge is 2.12. The Morgan fingerprint density at radius 3 is 2.78 bits per heavy atom. The summed E-state index contributed by atoms with van der Waals surface area (Å²) in [6, 6.07) is 10.00. The second-order valence-electron chi connectivity index (χ2n) is 7.37. The van der Waals surface area contributed by atoms with Gasteiger partial charge in [-0.25, -0.2) is 18.7 Å². The van der Waals surface area contributed by atoms with E-state index < -0.39 is 11.6 Å². The van der Waals surface area contributed by atoms with Gasteiger partial charge in [-0.3, -0.25) is 0 Å². The van der Waals surface area contributed by atoms with E-state index in [-0.39, 0.29) is 22.8 Å². The zero-order valence-electron chi connectivity index (χ0n) is 17.9. The standard InChI is InChI=1S/C23H25ClF2N4OS/c1-14(31-18-9-15(13-32-2)8-17(27)11-18)4-3-7-28-21-10-16(5-6-19(21)25)22-20(26)12-29-23(24)30-22/h5-6,8-12,14,28H,3-4,7,13,27H2,1-2H3. The minimum Gasteiger partial charge on any atom is -0.491 e. The molecule has 1 unspecified atom stereocenters. The maximum Gasteiger partial charge on any atom is 0.223 e. The molecule has 0 spiro atoms. The molecule has 32 heavy (non-hydrogen) atoms. The Morgan fingerprint density at radius 1 is 1.19 bits per heavy atom. The average molecular weight is 479 g/mol. The van der Waals surface area contributed by atoms with E-state index >= 15 is 0 Å². The Morgan fingerprint density at radius 2 is 2.00 bits per heavy atom. The molecule has 0 saturated carbocycles. The van der Waals surface area contributed by atoms with Crippen LogP contribution >= 0.6 is 23.4 Å². The van der Waals surface area contributed by atoms with Gasteiger partial charge in [-0.05, 0) is 73.5 Å². The average Bonchev–Trinajstić information content (AvgIpc) is 2.74. The van der Waals surface area contributed by atoms with Crippen LogP contribution < -0.4 is 15.8 Å². The molecule has 2 aromatic carbocycles. The van der Waals surface area contributed by atoms with Crippen molar-refractivity contribution in [2.24, 2.45) is 0 Å². The van der Waals surface area contributed by atoms with Crippen LogP contribution in [0, 0.1) is 11.6 Å². The molecule has 0 aliphatic heterocycles. The number of aromatic nitrogens is 2. The van der Waals surface area contributed by atoms with E-state index in [0.29, 0.717) is 17.8 Å². The third-order valence-electron chi connectivity index (χ3n) is 4.69. The zero-order chi connectivity index (χ0) is 23.1. The van der Waals surface area contributed by atoms with Gasteiger partial charge >= 0.3 is 0 Å². The summed E-state index contributed by atoms with van der Waals surface area (Å²) < 4.78 is 34.3. The number of halogens is 3. The largest absolute Gasteiger partial charge is 0.491 e. The molecule has 1 aromatic heterocycles. The van der Waals surface area contributed by atoms with Gasteiger partial charge in [0.25, 0.3) is 0 Å². The van der Waals surface area contributed by atoms with Crippen LogP contribution in [-0.4, -0.2) is 28.9 Å². The third-order valence-corrected chi connectivity index (χ3v) is 5.50. The van der Waals surface area contributed by atoms with Gasteiger partial charge in [0.05, 0.1) is 18.0 Å². The lowest BCUT2D eigenvalue weighted by atomic mass is 10.1. The summed E-state index contributed by atoms with van der Waals surface area (Å²) in [4.78, 5) is 7.50. The van der Waals surface area contributed by atoms with Crippen LogP contribution in [0.2, 0.25) is 5.28 Å².